The van der Waals surface area contributed by atoms with E-state index in [0.717, 1.165) is 9.79 Å². The molecule has 0 amide bonds. The number of hydrogen-bond acceptors (Lipinski definition) is 2. The van der Waals surface area contributed by atoms with E-state index >= 15 is 0 Å². The SMILES string of the molecule is Cc1cc(Sc2ccc(C(=O)O)cc2)ccc1F. The molecule has 2 aromatic carbocycles. The lowest BCUT2D eigenvalue weighted by Crippen LogP contribution is -1.94. The second-order valence-electron chi connectivity index (χ2n) is 3.84. The van der Waals surface area contributed by atoms with E-state index in [2.05, 4.69) is 0 Å². The second kappa shape index (κ2) is 5.23. The normalized spacial score (nSPS) is 10.3. The lowest BCUT2D eigenvalue weighted by molar-refractivity contribution is 0.0697. The lowest BCUT2D eigenvalue weighted by Gasteiger charge is -2.04. The molecule has 0 spiro atoms. The third-order valence-corrected chi connectivity index (χ3v) is 3.46. The van der Waals surface area contributed by atoms with Crippen LogP contribution < -0.4 is 0 Å². The fraction of sp³-hybridized carbons (Fsp3) is 0.0714. The van der Waals surface area contributed by atoms with Crippen molar-refractivity contribution in [1.29, 1.82) is 0 Å². The number of carbonyl (C=O) groups is 1. The first-order chi connectivity index (χ1) is 8.56. The van der Waals surface area contributed by atoms with Gasteiger partial charge in [0.25, 0.3) is 0 Å². The summed E-state index contributed by atoms with van der Waals surface area (Å²) in [5.41, 5.74) is 0.858. The summed E-state index contributed by atoms with van der Waals surface area (Å²) in [6.07, 6.45) is 0. The Labute approximate surface area is 108 Å². The average molecular weight is 262 g/mol. The minimum absolute atomic E-state index is 0.222. The molecule has 2 aromatic rings. The first-order valence-electron chi connectivity index (χ1n) is 5.33. The molecule has 0 unspecified atom stereocenters. The molecule has 0 bridgehead atoms. The van der Waals surface area contributed by atoms with Gasteiger partial charge in [-0.3, -0.25) is 0 Å². The Hall–Kier alpha value is -1.81. The summed E-state index contributed by atoms with van der Waals surface area (Å²) in [6.45, 7) is 1.72. The highest BCUT2D eigenvalue weighted by Gasteiger charge is 2.04. The minimum Gasteiger partial charge on any atom is -0.478 e. The number of halogens is 1. The van der Waals surface area contributed by atoms with Crippen LogP contribution in [0.5, 0.6) is 0 Å². The maximum atomic E-state index is 13.1. The van der Waals surface area contributed by atoms with Crippen LogP contribution in [0, 0.1) is 12.7 Å². The topological polar surface area (TPSA) is 37.3 Å². The molecular formula is C14H11FO2S. The molecule has 1 N–H and O–H groups in total. The molecular weight excluding hydrogens is 251 g/mol. The Balaban J connectivity index is 2.18. The van der Waals surface area contributed by atoms with Gasteiger partial charge in [0.05, 0.1) is 5.56 Å². The van der Waals surface area contributed by atoms with Gasteiger partial charge in [0, 0.05) is 9.79 Å². The van der Waals surface area contributed by atoms with E-state index in [0.29, 0.717) is 5.56 Å². The van der Waals surface area contributed by atoms with Gasteiger partial charge in [-0.05, 0) is 55.0 Å². The molecule has 0 aliphatic rings. The zero-order chi connectivity index (χ0) is 13.1. The van der Waals surface area contributed by atoms with Gasteiger partial charge in [-0.25, -0.2) is 9.18 Å². The molecule has 0 aliphatic carbocycles. The number of aryl methyl sites for hydroxylation is 1. The molecule has 2 nitrogen and oxygen atoms in total. The predicted molar refractivity (Wildman–Crippen MR) is 68.7 cm³/mol. The van der Waals surface area contributed by atoms with Gasteiger partial charge in [0.2, 0.25) is 0 Å². The summed E-state index contributed by atoms with van der Waals surface area (Å²) >= 11 is 1.47. The third-order valence-electron chi connectivity index (χ3n) is 2.47. The maximum Gasteiger partial charge on any atom is 0.335 e. The molecule has 18 heavy (non-hydrogen) atoms. The van der Waals surface area contributed by atoms with Gasteiger partial charge < -0.3 is 5.11 Å². The van der Waals surface area contributed by atoms with Gasteiger partial charge in [0.1, 0.15) is 5.82 Å². The number of rotatable bonds is 3. The molecule has 0 fully saturated rings. The van der Waals surface area contributed by atoms with Crippen LogP contribution in [-0.2, 0) is 0 Å². The first-order valence-corrected chi connectivity index (χ1v) is 6.15. The molecule has 4 heteroatoms. The Kier molecular flexibility index (Phi) is 3.67. The summed E-state index contributed by atoms with van der Waals surface area (Å²) in [5, 5.41) is 8.78. The van der Waals surface area contributed by atoms with E-state index < -0.39 is 5.97 Å². The molecule has 0 radical (unpaired) electrons. The van der Waals surface area contributed by atoms with Crippen LogP contribution in [0.1, 0.15) is 15.9 Å². The molecule has 92 valence electrons. The number of aromatic carboxylic acids is 1. The van der Waals surface area contributed by atoms with Crippen molar-refractivity contribution in [3.05, 3.63) is 59.4 Å². The van der Waals surface area contributed by atoms with Gasteiger partial charge in [-0.15, -0.1) is 0 Å². The fourth-order valence-electron chi connectivity index (χ4n) is 1.48. The standard InChI is InChI=1S/C14H11FO2S/c1-9-8-12(6-7-13(9)15)18-11-4-2-10(3-5-11)14(16)17/h2-8H,1H3,(H,16,17). The minimum atomic E-state index is -0.941. The number of hydrogen-bond donors (Lipinski definition) is 1. The molecule has 0 aliphatic heterocycles. The Morgan fingerprint density at radius 3 is 2.28 bits per heavy atom. The number of carboxylic acids is 1. The van der Waals surface area contributed by atoms with E-state index in [9.17, 15) is 9.18 Å². The van der Waals surface area contributed by atoms with E-state index in [1.54, 1.807) is 43.3 Å². The van der Waals surface area contributed by atoms with Crippen LogP contribution in [0.2, 0.25) is 0 Å². The van der Waals surface area contributed by atoms with E-state index in [4.69, 9.17) is 5.11 Å². The second-order valence-corrected chi connectivity index (χ2v) is 4.99. The molecule has 0 saturated heterocycles. The van der Waals surface area contributed by atoms with Crippen LogP contribution >= 0.6 is 11.8 Å². The van der Waals surface area contributed by atoms with E-state index in [1.807, 2.05) is 0 Å². The zero-order valence-corrected chi connectivity index (χ0v) is 10.5. The predicted octanol–water partition coefficient (Wildman–Crippen LogP) is 3.98. The van der Waals surface area contributed by atoms with E-state index in [1.165, 1.54) is 17.8 Å². The third kappa shape index (κ3) is 2.90. The average Bonchev–Trinajstić information content (AvgIpc) is 2.34. The first kappa shape index (κ1) is 12.6. The zero-order valence-electron chi connectivity index (χ0n) is 9.68. The highest BCUT2D eigenvalue weighted by molar-refractivity contribution is 7.99. The summed E-state index contributed by atoms with van der Waals surface area (Å²) in [5.74, 6) is -1.16. The van der Waals surface area contributed by atoms with E-state index in [-0.39, 0.29) is 11.4 Å². The van der Waals surface area contributed by atoms with Gasteiger partial charge in [-0.2, -0.15) is 0 Å². The van der Waals surface area contributed by atoms with Crippen molar-refractivity contribution in [2.75, 3.05) is 0 Å². The van der Waals surface area contributed by atoms with Crippen molar-refractivity contribution < 1.29 is 14.3 Å². The molecule has 2 rings (SSSR count). The van der Waals surface area contributed by atoms with Crippen LogP contribution in [0.15, 0.2) is 52.3 Å². The Morgan fingerprint density at radius 1 is 1.11 bits per heavy atom. The van der Waals surface area contributed by atoms with Crippen molar-refractivity contribution in [2.24, 2.45) is 0 Å². The van der Waals surface area contributed by atoms with Crippen LogP contribution in [0.25, 0.3) is 0 Å². The molecule has 0 atom stereocenters. The van der Waals surface area contributed by atoms with Crippen molar-refractivity contribution in [1.82, 2.24) is 0 Å². The molecule has 0 aromatic heterocycles. The summed E-state index contributed by atoms with van der Waals surface area (Å²) in [4.78, 5) is 12.6. The fourth-order valence-corrected chi connectivity index (χ4v) is 2.40. The maximum absolute atomic E-state index is 13.1. The van der Waals surface area contributed by atoms with Crippen molar-refractivity contribution in [3.8, 4) is 0 Å². The van der Waals surface area contributed by atoms with Gasteiger partial charge in [0.15, 0.2) is 0 Å². The van der Waals surface area contributed by atoms with Crippen molar-refractivity contribution in [2.45, 2.75) is 16.7 Å². The van der Waals surface area contributed by atoms with Crippen LogP contribution in [0.4, 0.5) is 4.39 Å². The number of carboxylic acid groups (broad SMARTS) is 1. The van der Waals surface area contributed by atoms with Crippen molar-refractivity contribution >= 4 is 17.7 Å². The van der Waals surface area contributed by atoms with Gasteiger partial charge in [-0.1, -0.05) is 11.8 Å². The summed E-state index contributed by atoms with van der Waals surface area (Å²) in [7, 11) is 0. The highest BCUT2D eigenvalue weighted by atomic mass is 32.2. The monoisotopic (exact) mass is 262 g/mol. The number of benzene rings is 2. The smallest absolute Gasteiger partial charge is 0.335 e. The van der Waals surface area contributed by atoms with Crippen LogP contribution in [-0.4, -0.2) is 11.1 Å². The molecule has 0 saturated carbocycles. The quantitative estimate of drug-likeness (QED) is 0.909. The molecule has 0 heterocycles. The highest BCUT2D eigenvalue weighted by Crippen LogP contribution is 2.28. The largest absolute Gasteiger partial charge is 0.478 e. The van der Waals surface area contributed by atoms with Crippen LogP contribution in [0.3, 0.4) is 0 Å². The summed E-state index contributed by atoms with van der Waals surface area (Å²) < 4.78 is 13.1. The Bertz CT molecular complexity index is 579. The van der Waals surface area contributed by atoms with Crippen molar-refractivity contribution in [3.63, 3.8) is 0 Å². The lowest BCUT2D eigenvalue weighted by atomic mass is 10.2. The Morgan fingerprint density at radius 2 is 1.72 bits per heavy atom. The van der Waals surface area contributed by atoms with Gasteiger partial charge >= 0.3 is 5.97 Å². The summed E-state index contributed by atoms with van der Waals surface area (Å²) in [6, 6.07) is 11.5.